The van der Waals surface area contributed by atoms with Crippen molar-refractivity contribution < 1.29 is 24.6 Å². The molecule has 0 aromatic heterocycles. The first kappa shape index (κ1) is 16.6. The first-order chi connectivity index (χ1) is 9.82. The van der Waals surface area contributed by atoms with Crippen LogP contribution in [-0.4, -0.2) is 60.1 Å². The van der Waals surface area contributed by atoms with E-state index in [1.807, 2.05) is 19.0 Å². The van der Waals surface area contributed by atoms with Gasteiger partial charge in [-0.2, -0.15) is 0 Å². The molecular formula is C14H18N2O5. The van der Waals surface area contributed by atoms with Crippen molar-refractivity contribution in [2.75, 3.05) is 27.2 Å². The van der Waals surface area contributed by atoms with E-state index in [4.69, 9.17) is 10.2 Å². The normalized spacial score (nSPS) is 10.4. The third kappa shape index (κ3) is 4.88. The van der Waals surface area contributed by atoms with Gasteiger partial charge in [-0.05, 0) is 45.3 Å². The molecule has 0 aliphatic carbocycles. The molecular weight excluding hydrogens is 276 g/mol. The number of benzene rings is 1. The minimum atomic E-state index is -1.27. The van der Waals surface area contributed by atoms with E-state index in [1.54, 1.807) is 0 Å². The number of carbonyl (C=O) groups is 3. The van der Waals surface area contributed by atoms with Crippen LogP contribution in [0.25, 0.3) is 0 Å². The molecule has 0 aliphatic rings. The van der Waals surface area contributed by atoms with E-state index in [-0.39, 0.29) is 16.7 Å². The Morgan fingerprint density at radius 2 is 1.76 bits per heavy atom. The van der Waals surface area contributed by atoms with Gasteiger partial charge in [0.2, 0.25) is 0 Å². The Bertz CT molecular complexity index is 554. The van der Waals surface area contributed by atoms with E-state index in [2.05, 4.69) is 5.32 Å². The summed E-state index contributed by atoms with van der Waals surface area (Å²) in [6.45, 7) is 1.16. The van der Waals surface area contributed by atoms with Gasteiger partial charge in [0.15, 0.2) is 0 Å². The van der Waals surface area contributed by atoms with Crippen molar-refractivity contribution >= 4 is 17.8 Å². The quantitative estimate of drug-likeness (QED) is 0.641. The molecule has 1 amide bonds. The molecule has 0 unspecified atom stereocenters. The Hall–Kier alpha value is -2.41. The Labute approximate surface area is 122 Å². The number of carboxylic acids is 2. The predicted octanol–water partition coefficient (Wildman–Crippen LogP) is 0.765. The summed E-state index contributed by atoms with van der Waals surface area (Å²) in [5, 5.41) is 20.6. The number of hydrogen-bond donors (Lipinski definition) is 3. The minimum absolute atomic E-state index is 0.126. The molecule has 0 fully saturated rings. The lowest BCUT2D eigenvalue weighted by molar-refractivity contribution is 0.0678. The van der Waals surface area contributed by atoms with Crippen molar-refractivity contribution in [3.05, 3.63) is 34.9 Å². The molecule has 0 saturated carbocycles. The van der Waals surface area contributed by atoms with Crippen LogP contribution in [0.2, 0.25) is 0 Å². The summed E-state index contributed by atoms with van der Waals surface area (Å²) in [5.41, 5.74) is -0.490. The van der Waals surface area contributed by atoms with Crippen LogP contribution in [0.5, 0.6) is 0 Å². The highest BCUT2D eigenvalue weighted by atomic mass is 16.4. The van der Waals surface area contributed by atoms with Gasteiger partial charge in [0, 0.05) is 6.54 Å². The molecule has 0 atom stereocenters. The molecule has 0 saturated heterocycles. The minimum Gasteiger partial charge on any atom is -0.478 e. The van der Waals surface area contributed by atoms with E-state index in [0.29, 0.717) is 13.0 Å². The van der Waals surface area contributed by atoms with E-state index in [0.717, 1.165) is 24.7 Å². The molecule has 0 aliphatic heterocycles. The highest BCUT2D eigenvalue weighted by Crippen LogP contribution is 2.13. The zero-order chi connectivity index (χ0) is 16.0. The van der Waals surface area contributed by atoms with Crippen LogP contribution < -0.4 is 5.32 Å². The SMILES string of the molecule is CN(C)CCCNC(=O)c1cc(C(=O)O)ccc1C(=O)O. The molecule has 3 N–H and O–H groups in total. The second kappa shape index (κ2) is 7.39. The number of hydrogen-bond acceptors (Lipinski definition) is 4. The highest BCUT2D eigenvalue weighted by molar-refractivity contribution is 6.06. The monoisotopic (exact) mass is 294 g/mol. The zero-order valence-corrected chi connectivity index (χ0v) is 11.9. The number of rotatable bonds is 7. The number of carboxylic acid groups (broad SMARTS) is 2. The van der Waals surface area contributed by atoms with Crippen molar-refractivity contribution in [2.45, 2.75) is 6.42 Å². The van der Waals surface area contributed by atoms with E-state index < -0.39 is 17.8 Å². The van der Waals surface area contributed by atoms with Crippen molar-refractivity contribution in [1.29, 1.82) is 0 Å². The van der Waals surface area contributed by atoms with E-state index >= 15 is 0 Å². The van der Waals surface area contributed by atoms with Gasteiger partial charge in [-0.1, -0.05) is 0 Å². The molecule has 7 heteroatoms. The summed E-state index contributed by atoms with van der Waals surface area (Å²) in [4.78, 5) is 36.0. The predicted molar refractivity (Wildman–Crippen MR) is 75.9 cm³/mol. The van der Waals surface area contributed by atoms with Crippen molar-refractivity contribution in [3.8, 4) is 0 Å². The van der Waals surface area contributed by atoms with Crippen LogP contribution >= 0.6 is 0 Å². The molecule has 1 rings (SSSR count). The molecule has 0 heterocycles. The topological polar surface area (TPSA) is 107 Å². The largest absolute Gasteiger partial charge is 0.478 e. The van der Waals surface area contributed by atoms with Crippen molar-refractivity contribution in [1.82, 2.24) is 10.2 Å². The number of nitrogens with one attached hydrogen (secondary N) is 1. The van der Waals surface area contributed by atoms with Crippen LogP contribution in [0.1, 0.15) is 37.5 Å². The maximum absolute atomic E-state index is 12.0. The summed E-state index contributed by atoms with van der Waals surface area (Å²) in [5.74, 6) is -3.08. The van der Waals surface area contributed by atoms with Gasteiger partial charge in [-0.3, -0.25) is 4.79 Å². The fourth-order valence-corrected chi connectivity index (χ4v) is 1.74. The molecule has 0 spiro atoms. The summed E-state index contributed by atoms with van der Waals surface area (Å²) < 4.78 is 0. The second-order valence-corrected chi connectivity index (χ2v) is 4.78. The maximum Gasteiger partial charge on any atom is 0.336 e. The van der Waals surface area contributed by atoms with Gasteiger partial charge in [0.25, 0.3) is 5.91 Å². The first-order valence-corrected chi connectivity index (χ1v) is 6.36. The van der Waals surface area contributed by atoms with E-state index in [1.165, 1.54) is 0 Å². The Kier molecular flexibility index (Phi) is 5.86. The molecule has 1 aromatic carbocycles. The third-order valence-corrected chi connectivity index (χ3v) is 2.81. The standard InChI is InChI=1S/C14H18N2O5/c1-16(2)7-3-6-15-12(17)11-8-9(13(18)19)4-5-10(11)14(20)21/h4-5,8H,3,6-7H2,1-2H3,(H,15,17)(H,18,19)(H,20,21). The number of carbonyl (C=O) groups excluding carboxylic acids is 1. The molecule has 0 radical (unpaired) electrons. The van der Waals surface area contributed by atoms with E-state index in [9.17, 15) is 14.4 Å². The second-order valence-electron chi connectivity index (χ2n) is 4.78. The van der Waals surface area contributed by atoms with Crippen LogP contribution in [0.3, 0.4) is 0 Å². The van der Waals surface area contributed by atoms with Crippen LogP contribution in [0.4, 0.5) is 0 Å². The molecule has 114 valence electrons. The fourth-order valence-electron chi connectivity index (χ4n) is 1.74. The van der Waals surface area contributed by atoms with Crippen molar-refractivity contribution in [3.63, 3.8) is 0 Å². The molecule has 7 nitrogen and oxygen atoms in total. The van der Waals surface area contributed by atoms with Crippen molar-refractivity contribution in [2.24, 2.45) is 0 Å². The van der Waals surface area contributed by atoms with Crippen LogP contribution in [0.15, 0.2) is 18.2 Å². The average molecular weight is 294 g/mol. The fraction of sp³-hybridized carbons (Fsp3) is 0.357. The lowest BCUT2D eigenvalue weighted by Crippen LogP contribution is -2.28. The smallest absolute Gasteiger partial charge is 0.336 e. The average Bonchev–Trinajstić information content (AvgIpc) is 2.42. The maximum atomic E-state index is 12.0. The van der Waals surface area contributed by atoms with Gasteiger partial charge < -0.3 is 20.4 Å². The molecule has 21 heavy (non-hydrogen) atoms. The van der Waals surface area contributed by atoms with Crippen LogP contribution in [-0.2, 0) is 0 Å². The van der Waals surface area contributed by atoms with Gasteiger partial charge in [0.05, 0.1) is 16.7 Å². The lowest BCUT2D eigenvalue weighted by Gasteiger charge is -2.11. The highest BCUT2D eigenvalue weighted by Gasteiger charge is 2.18. The molecule has 0 bridgehead atoms. The number of amides is 1. The summed E-state index contributed by atoms with van der Waals surface area (Å²) in [7, 11) is 3.81. The third-order valence-electron chi connectivity index (χ3n) is 2.81. The summed E-state index contributed by atoms with van der Waals surface area (Å²) in [6.07, 6.45) is 0.708. The Morgan fingerprint density at radius 1 is 1.10 bits per heavy atom. The van der Waals surface area contributed by atoms with Gasteiger partial charge in [-0.25, -0.2) is 9.59 Å². The summed E-state index contributed by atoms with van der Waals surface area (Å²) in [6, 6.07) is 3.36. The Morgan fingerprint density at radius 3 is 2.29 bits per heavy atom. The Balaban J connectivity index is 2.87. The molecule has 1 aromatic rings. The summed E-state index contributed by atoms with van der Waals surface area (Å²) >= 11 is 0. The first-order valence-electron chi connectivity index (χ1n) is 6.36. The van der Waals surface area contributed by atoms with Crippen LogP contribution in [0, 0.1) is 0 Å². The van der Waals surface area contributed by atoms with Gasteiger partial charge in [0.1, 0.15) is 0 Å². The number of nitrogens with zero attached hydrogens (tertiary/aromatic N) is 1. The van der Waals surface area contributed by atoms with Gasteiger partial charge >= 0.3 is 11.9 Å². The zero-order valence-electron chi connectivity index (χ0n) is 11.9. The number of aromatic carboxylic acids is 2. The lowest BCUT2D eigenvalue weighted by atomic mass is 10.0. The van der Waals surface area contributed by atoms with Gasteiger partial charge in [-0.15, -0.1) is 0 Å².